The number of carbonyl (C=O) groups excluding carboxylic acids is 2. The average Bonchev–Trinajstić information content (AvgIpc) is 3.64. The third-order valence-corrected chi connectivity index (χ3v) is 12.8. The van der Waals surface area contributed by atoms with Crippen molar-refractivity contribution >= 4 is 66.5 Å². The van der Waals surface area contributed by atoms with E-state index in [4.69, 9.17) is 16.2 Å². The number of fused-ring (bicyclic) bond motifs is 4. The lowest BCUT2D eigenvalue weighted by atomic mass is 9.70. The number of aromatic nitrogens is 1. The molecule has 1 amide bonds. The highest BCUT2D eigenvalue weighted by molar-refractivity contribution is 7.87. The summed E-state index contributed by atoms with van der Waals surface area (Å²) in [6.07, 6.45) is 2.80. The van der Waals surface area contributed by atoms with Crippen molar-refractivity contribution in [1.82, 2.24) is 9.27 Å². The molecular weight excluding hydrogens is 608 g/mol. The first kappa shape index (κ1) is 30.5. The lowest BCUT2D eigenvalue weighted by Gasteiger charge is -2.35. The molecule has 4 aliphatic rings. The van der Waals surface area contributed by atoms with Gasteiger partial charge in [-0.25, -0.2) is 0 Å². The molecule has 2 aliphatic carbocycles. The molecule has 3 aromatic rings. The minimum Gasteiger partial charge on any atom is -0.353 e. The fraction of sp³-hybridized carbons (Fsp3) is 0.516. The quantitative estimate of drug-likeness (QED) is 0.369. The SMILES string of the molecule is CC12CCC(C(S(=O)(=O)O)C1=O)C2(C)C.O=C1Cc2cc(CCN3CCN(c4nsc5ccccc45)CC3)c(Cl)cc2N1. The first-order valence-corrected chi connectivity index (χ1v) is 17.4. The van der Waals surface area contributed by atoms with Gasteiger partial charge in [-0.3, -0.25) is 19.0 Å². The highest BCUT2D eigenvalue weighted by Crippen LogP contribution is 2.64. The van der Waals surface area contributed by atoms with Crippen molar-refractivity contribution in [2.45, 2.75) is 51.7 Å². The van der Waals surface area contributed by atoms with E-state index in [9.17, 15) is 18.0 Å². The predicted octanol–water partition coefficient (Wildman–Crippen LogP) is 5.08. The number of nitrogens with one attached hydrogen (secondary N) is 1. The molecule has 230 valence electrons. The summed E-state index contributed by atoms with van der Waals surface area (Å²) in [5, 5.41) is 3.67. The molecule has 0 radical (unpaired) electrons. The van der Waals surface area contributed by atoms with Gasteiger partial charge in [-0.2, -0.15) is 12.8 Å². The Balaban J connectivity index is 0.000000185. The predicted molar refractivity (Wildman–Crippen MR) is 171 cm³/mol. The third kappa shape index (κ3) is 5.37. The number of nitrogens with zero attached hydrogens (tertiary/aromatic N) is 3. The minimum atomic E-state index is -4.24. The van der Waals surface area contributed by atoms with E-state index >= 15 is 0 Å². The number of halogens is 1. The molecule has 2 bridgehead atoms. The number of piperazine rings is 1. The monoisotopic (exact) mass is 644 g/mol. The maximum absolute atomic E-state index is 12.0. The molecule has 12 heteroatoms. The molecule has 3 fully saturated rings. The number of anilines is 2. The van der Waals surface area contributed by atoms with Crippen molar-refractivity contribution < 1.29 is 22.6 Å². The van der Waals surface area contributed by atoms with E-state index in [-0.39, 0.29) is 23.0 Å². The lowest BCUT2D eigenvalue weighted by molar-refractivity contribution is -0.128. The van der Waals surface area contributed by atoms with E-state index in [1.54, 1.807) is 11.5 Å². The first-order chi connectivity index (χ1) is 20.3. The molecule has 3 atom stereocenters. The summed E-state index contributed by atoms with van der Waals surface area (Å²) in [5.41, 5.74) is 2.14. The van der Waals surface area contributed by atoms with Gasteiger partial charge in [0, 0.05) is 54.2 Å². The van der Waals surface area contributed by atoms with Gasteiger partial charge in [0.15, 0.2) is 5.78 Å². The summed E-state index contributed by atoms with van der Waals surface area (Å²) in [5.74, 6) is 0.643. The van der Waals surface area contributed by atoms with Crippen LogP contribution in [0.25, 0.3) is 10.1 Å². The number of Topliss-reactive ketones (excluding diaryl/α,β-unsaturated/α-hetero) is 1. The zero-order chi connectivity index (χ0) is 30.7. The van der Waals surface area contributed by atoms with Crippen LogP contribution in [0.4, 0.5) is 11.5 Å². The van der Waals surface area contributed by atoms with E-state index in [1.807, 2.05) is 26.8 Å². The van der Waals surface area contributed by atoms with E-state index in [2.05, 4.69) is 49.8 Å². The van der Waals surface area contributed by atoms with Gasteiger partial charge in [0.25, 0.3) is 10.1 Å². The van der Waals surface area contributed by atoms with Crippen molar-refractivity contribution in [3.8, 4) is 0 Å². The van der Waals surface area contributed by atoms with Crippen LogP contribution in [-0.4, -0.2) is 71.9 Å². The van der Waals surface area contributed by atoms with Crippen molar-refractivity contribution in [2.24, 2.45) is 16.7 Å². The molecule has 7 rings (SSSR count). The lowest BCUT2D eigenvalue weighted by Crippen LogP contribution is -2.47. The van der Waals surface area contributed by atoms with Crippen molar-refractivity contribution in [2.75, 3.05) is 42.9 Å². The number of benzene rings is 2. The molecule has 2 N–H and O–H groups in total. The van der Waals surface area contributed by atoms with E-state index in [0.29, 0.717) is 12.8 Å². The second kappa shape index (κ2) is 11.1. The van der Waals surface area contributed by atoms with Gasteiger partial charge in [-0.1, -0.05) is 50.6 Å². The molecule has 0 spiro atoms. The summed E-state index contributed by atoms with van der Waals surface area (Å²) >= 11 is 8.01. The number of hydrogen-bond acceptors (Lipinski definition) is 8. The number of hydrogen-bond donors (Lipinski definition) is 2. The Labute approximate surface area is 261 Å². The summed E-state index contributed by atoms with van der Waals surface area (Å²) in [6.45, 7) is 10.7. The van der Waals surface area contributed by atoms with Crippen LogP contribution in [0.5, 0.6) is 0 Å². The highest BCUT2D eigenvalue weighted by atomic mass is 35.5. The van der Waals surface area contributed by atoms with Gasteiger partial charge in [0.05, 0.1) is 11.1 Å². The molecule has 3 unspecified atom stereocenters. The first-order valence-electron chi connectivity index (χ1n) is 14.7. The van der Waals surface area contributed by atoms with Crippen LogP contribution in [0.2, 0.25) is 5.02 Å². The topological polar surface area (TPSA) is 120 Å². The molecule has 3 heterocycles. The fourth-order valence-corrected chi connectivity index (χ4v) is 9.88. The summed E-state index contributed by atoms with van der Waals surface area (Å²) < 4.78 is 37.4. The van der Waals surface area contributed by atoms with E-state index in [1.165, 1.54) is 10.1 Å². The van der Waals surface area contributed by atoms with Crippen LogP contribution >= 0.6 is 23.1 Å². The normalized spacial score (nSPS) is 26.4. The maximum atomic E-state index is 12.0. The number of carbonyl (C=O) groups is 2. The molecule has 1 saturated heterocycles. The molecule has 43 heavy (non-hydrogen) atoms. The van der Waals surface area contributed by atoms with Gasteiger partial charge in [-0.15, -0.1) is 0 Å². The Hall–Kier alpha value is -2.57. The average molecular weight is 645 g/mol. The minimum absolute atomic E-state index is 0.0499. The van der Waals surface area contributed by atoms with Crippen molar-refractivity contribution in [3.05, 3.63) is 52.5 Å². The Bertz CT molecular complexity index is 1700. The number of rotatable bonds is 5. The summed E-state index contributed by atoms with van der Waals surface area (Å²) in [6, 6.07) is 12.4. The highest BCUT2D eigenvalue weighted by Gasteiger charge is 2.69. The van der Waals surface area contributed by atoms with E-state index < -0.39 is 20.8 Å². The van der Waals surface area contributed by atoms with Gasteiger partial charge < -0.3 is 10.2 Å². The van der Waals surface area contributed by atoms with Crippen LogP contribution in [-0.2, 0) is 32.5 Å². The zero-order valence-electron chi connectivity index (χ0n) is 24.6. The van der Waals surface area contributed by atoms with Crippen LogP contribution < -0.4 is 10.2 Å². The Morgan fingerprint density at radius 2 is 1.84 bits per heavy atom. The summed E-state index contributed by atoms with van der Waals surface area (Å²) in [4.78, 5) is 28.5. The molecule has 2 aliphatic heterocycles. The molecule has 2 aromatic carbocycles. The Morgan fingerprint density at radius 1 is 1.12 bits per heavy atom. The zero-order valence-corrected chi connectivity index (χ0v) is 27.0. The molecule has 9 nitrogen and oxygen atoms in total. The molecular formula is C31H37ClN4O5S2. The largest absolute Gasteiger partial charge is 0.353 e. The number of ketones is 1. The van der Waals surface area contributed by atoms with Crippen molar-refractivity contribution in [3.63, 3.8) is 0 Å². The standard InChI is InChI=1S/C21H21ClN4OS.C10H16O4S/c22-17-13-18-15(12-20(27)23-18)11-14(17)5-6-25-7-9-26(10-8-25)21-16-3-1-2-4-19(16)28-24-21;1-9(2)6-4-5-10(9,3)8(11)7(6)15(12,13)14/h1-4,11,13H,5-10,12H2,(H,23,27);6-7H,4-5H2,1-3H3,(H,12,13,14). The maximum Gasteiger partial charge on any atom is 0.275 e. The fourth-order valence-electron chi connectivity index (χ4n) is 7.40. The van der Waals surface area contributed by atoms with Crippen LogP contribution in [0.3, 0.4) is 0 Å². The van der Waals surface area contributed by atoms with Gasteiger partial charge in [-0.05, 0) is 71.5 Å². The second-order valence-electron chi connectivity index (χ2n) is 12.9. The summed E-state index contributed by atoms with van der Waals surface area (Å²) in [7, 11) is -4.24. The molecule has 2 saturated carbocycles. The smallest absolute Gasteiger partial charge is 0.275 e. The van der Waals surface area contributed by atoms with Crippen molar-refractivity contribution in [1.29, 1.82) is 0 Å². The van der Waals surface area contributed by atoms with Gasteiger partial charge in [0.2, 0.25) is 5.91 Å². The van der Waals surface area contributed by atoms with E-state index in [0.717, 1.165) is 73.2 Å². The van der Waals surface area contributed by atoms with Crippen LogP contribution in [0.1, 0.15) is 44.7 Å². The van der Waals surface area contributed by atoms with Gasteiger partial charge >= 0.3 is 0 Å². The molecule has 1 aromatic heterocycles. The Morgan fingerprint density at radius 3 is 2.49 bits per heavy atom. The van der Waals surface area contributed by atoms with Crippen LogP contribution in [0.15, 0.2) is 36.4 Å². The third-order valence-electron chi connectivity index (χ3n) is 10.4. The van der Waals surface area contributed by atoms with Gasteiger partial charge in [0.1, 0.15) is 11.1 Å². The van der Waals surface area contributed by atoms with Crippen LogP contribution in [0, 0.1) is 16.7 Å². The Kier molecular flexibility index (Phi) is 7.86. The number of amides is 1. The second-order valence-corrected chi connectivity index (χ2v) is 15.7.